The van der Waals surface area contributed by atoms with Crippen molar-refractivity contribution in [3.63, 3.8) is 0 Å². The van der Waals surface area contributed by atoms with Crippen LogP contribution in [0.2, 0.25) is 5.02 Å². The van der Waals surface area contributed by atoms with Gasteiger partial charge in [0.1, 0.15) is 0 Å². The standard InChI is InChI=1S/C16H11ClFNO2S/c17-14-6-3-7-15(16(14)18)19-22(20,21)13-9-8-11-4-1-2-5-12(11)10-13/h1-10,19H. The maximum Gasteiger partial charge on any atom is 0.262 e. The Kier molecular flexibility index (Phi) is 3.76. The van der Waals surface area contributed by atoms with Crippen LogP contribution >= 0.6 is 11.6 Å². The van der Waals surface area contributed by atoms with Gasteiger partial charge in [0.05, 0.1) is 15.6 Å². The van der Waals surface area contributed by atoms with Crippen molar-refractivity contribution in [2.75, 3.05) is 4.72 Å². The summed E-state index contributed by atoms with van der Waals surface area (Å²) in [5, 5.41) is 1.58. The van der Waals surface area contributed by atoms with Gasteiger partial charge in [-0.2, -0.15) is 0 Å². The van der Waals surface area contributed by atoms with Crippen LogP contribution in [0.25, 0.3) is 10.8 Å². The number of hydrogen-bond acceptors (Lipinski definition) is 2. The first-order valence-electron chi connectivity index (χ1n) is 6.43. The molecule has 0 radical (unpaired) electrons. The van der Waals surface area contributed by atoms with E-state index in [1.807, 2.05) is 24.3 Å². The monoisotopic (exact) mass is 335 g/mol. The number of sulfonamides is 1. The fourth-order valence-electron chi connectivity index (χ4n) is 2.12. The SMILES string of the molecule is O=S(=O)(Nc1cccc(Cl)c1F)c1ccc2ccccc2c1. The quantitative estimate of drug-likeness (QED) is 0.769. The van der Waals surface area contributed by atoms with Crippen LogP contribution in [0.15, 0.2) is 65.6 Å². The molecule has 22 heavy (non-hydrogen) atoms. The largest absolute Gasteiger partial charge is 0.277 e. The fraction of sp³-hybridized carbons (Fsp3) is 0. The maximum atomic E-state index is 13.8. The smallest absolute Gasteiger partial charge is 0.262 e. The lowest BCUT2D eigenvalue weighted by atomic mass is 10.1. The highest BCUT2D eigenvalue weighted by molar-refractivity contribution is 7.92. The number of rotatable bonds is 3. The minimum absolute atomic E-state index is 0.0607. The molecule has 3 aromatic carbocycles. The number of halogens is 2. The van der Waals surface area contributed by atoms with Crippen LogP contribution in [0, 0.1) is 5.82 Å². The van der Waals surface area contributed by atoms with Crippen LogP contribution in [-0.4, -0.2) is 8.42 Å². The molecule has 3 rings (SSSR count). The lowest BCUT2D eigenvalue weighted by Crippen LogP contribution is -2.14. The second-order valence-corrected chi connectivity index (χ2v) is 6.81. The van der Waals surface area contributed by atoms with Gasteiger partial charge in [-0.25, -0.2) is 12.8 Å². The molecule has 0 saturated carbocycles. The van der Waals surface area contributed by atoms with Crippen LogP contribution < -0.4 is 4.72 Å². The van der Waals surface area contributed by atoms with E-state index >= 15 is 0 Å². The molecule has 0 fully saturated rings. The predicted molar refractivity (Wildman–Crippen MR) is 86.2 cm³/mol. The van der Waals surface area contributed by atoms with Gasteiger partial charge in [-0.1, -0.05) is 48.0 Å². The van der Waals surface area contributed by atoms with Gasteiger partial charge in [-0.05, 0) is 35.0 Å². The fourth-order valence-corrected chi connectivity index (χ4v) is 3.39. The Morgan fingerprint density at radius 3 is 2.41 bits per heavy atom. The van der Waals surface area contributed by atoms with Crippen molar-refractivity contribution in [2.24, 2.45) is 0 Å². The summed E-state index contributed by atoms with van der Waals surface area (Å²) in [7, 11) is -3.89. The van der Waals surface area contributed by atoms with E-state index in [2.05, 4.69) is 4.72 Å². The van der Waals surface area contributed by atoms with Crippen LogP contribution in [0.5, 0.6) is 0 Å². The second-order valence-electron chi connectivity index (χ2n) is 4.72. The van der Waals surface area contributed by atoms with E-state index in [9.17, 15) is 12.8 Å². The summed E-state index contributed by atoms with van der Waals surface area (Å²) in [6.45, 7) is 0. The molecular formula is C16H11ClFNO2S. The molecule has 0 saturated heterocycles. The van der Waals surface area contributed by atoms with Crippen LogP contribution in [0.3, 0.4) is 0 Å². The minimum atomic E-state index is -3.89. The maximum absolute atomic E-state index is 13.8. The molecule has 0 heterocycles. The van der Waals surface area contributed by atoms with Gasteiger partial charge in [-0.3, -0.25) is 4.72 Å². The van der Waals surface area contributed by atoms with Gasteiger partial charge in [0.2, 0.25) is 0 Å². The normalized spacial score (nSPS) is 11.5. The molecule has 0 amide bonds. The number of nitrogens with one attached hydrogen (secondary N) is 1. The summed E-state index contributed by atoms with van der Waals surface area (Å²) in [6, 6.07) is 16.3. The average Bonchev–Trinajstić information content (AvgIpc) is 2.51. The highest BCUT2D eigenvalue weighted by Gasteiger charge is 2.17. The summed E-state index contributed by atoms with van der Waals surface area (Å²) < 4.78 is 40.8. The lowest BCUT2D eigenvalue weighted by molar-refractivity contribution is 0.598. The van der Waals surface area contributed by atoms with Gasteiger partial charge >= 0.3 is 0 Å². The van der Waals surface area contributed by atoms with Crippen molar-refractivity contribution in [1.29, 1.82) is 0 Å². The van der Waals surface area contributed by atoms with Gasteiger partial charge in [-0.15, -0.1) is 0 Å². The Morgan fingerprint density at radius 1 is 0.909 bits per heavy atom. The Balaban J connectivity index is 2.02. The molecule has 0 aliphatic carbocycles. The predicted octanol–water partition coefficient (Wildman–Crippen LogP) is 4.43. The van der Waals surface area contributed by atoms with Gasteiger partial charge < -0.3 is 0 Å². The van der Waals surface area contributed by atoms with Gasteiger partial charge in [0, 0.05) is 0 Å². The van der Waals surface area contributed by atoms with Crippen LogP contribution in [0.4, 0.5) is 10.1 Å². The van der Waals surface area contributed by atoms with Crippen molar-refractivity contribution in [2.45, 2.75) is 4.90 Å². The van der Waals surface area contributed by atoms with Crippen molar-refractivity contribution in [3.05, 3.63) is 71.5 Å². The Hall–Kier alpha value is -2.11. The number of benzene rings is 3. The van der Waals surface area contributed by atoms with Crippen molar-refractivity contribution in [1.82, 2.24) is 0 Å². The van der Waals surface area contributed by atoms with Gasteiger partial charge in [0.15, 0.2) is 5.82 Å². The number of fused-ring (bicyclic) bond motifs is 1. The van der Waals surface area contributed by atoms with Crippen LogP contribution in [-0.2, 0) is 10.0 Å². The molecule has 0 aliphatic rings. The molecule has 0 aromatic heterocycles. The molecule has 0 spiro atoms. The molecular weight excluding hydrogens is 325 g/mol. The number of anilines is 1. The van der Waals surface area contributed by atoms with E-state index < -0.39 is 15.8 Å². The van der Waals surface area contributed by atoms with Crippen LogP contribution in [0.1, 0.15) is 0 Å². The van der Waals surface area contributed by atoms with E-state index in [1.165, 1.54) is 24.3 Å². The van der Waals surface area contributed by atoms with E-state index in [0.717, 1.165) is 10.8 Å². The Labute approximate surface area is 132 Å². The van der Waals surface area contributed by atoms with Crippen molar-refractivity contribution < 1.29 is 12.8 Å². The lowest BCUT2D eigenvalue weighted by Gasteiger charge is -2.10. The van der Waals surface area contributed by atoms with Crippen molar-refractivity contribution in [3.8, 4) is 0 Å². The summed E-state index contributed by atoms with van der Waals surface area (Å²) in [5.41, 5.74) is -0.180. The summed E-state index contributed by atoms with van der Waals surface area (Å²) in [4.78, 5) is 0.0607. The first-order valence-corrected chi connectivity index (χ1v) is 8.29. The van der Waals surface area contributed by atoms with Crippen molar-refractivity contribution >= 4 is 38.1 Å². The molecule has 0 aliphatic heterocycles. The summed E-state index contributed by atoms with van der Waals surface area (Å²) in [5.74, 6) is -0.798. The topological polar surface area (TPSA) is 46.2 Å². The highest BCUT2D eigenvalue weighted by atomic mass is 35.5. The zero-order valence-corrected chi connectivity index (χ0v) is 12.8. The summed E-state index contributed by atoms with van der Waals surface area (Å²) in [6.07, 6.45) is 0. The third kappa shape index (κ3) is 2.77. The Bertz CT molecular complexity index is 957. The first kappa shape index (κ1) is 14.8. The zero-order chi connectivity index (χ0) is 15.7. The summed E-state index contributed by atoms with van der Waals surface area (Å²) >= 11 is 5.66. The molecule has 0 unspecified atom stereocenters. The third-order valence-corrected chi connectivity index (χ3v) is 4.88. The average molecular weight is 336 g/mol. The molecule has 3 aromatic rings. The first-order chi connectivity index (χ1) is 10.5. The molecule has 112 valence electrons. The third-order valence-electron chi connectivity index (χ3n) is 3.23. The highest BCUT2D eigenvalue weighted by Crippen LogP contribution is 2.26. The molecule has 0 atom stereocenters. The zero-order valence-electron chi connectivity index (χ0n) is 11.3. The molecule has 3 nitrogen and oxygen atoms in total. The van der Waals surface area contributed by atoms with E-state index in [-0.39, 0.29) is 15.6 Å². The van der Waals surface area contributed by atoms with E-state index in [4.69, 9.17) is 11.6 Å². The molecule has 0 bridgehead atoms. The molecule has 1 N–H and O–H groups in total. The second kappa shape index (κ2) is 5.59. The Morgan fingerprint density at radius 2 is 1.64 bits per heavy atom. The molecule has 6 heteroatoms. The van der Waals surface area contributed by atoms with E-state index in [1.54, 1.807) is 12.1 Å². The number of hydrogen-bond donors (Lipinski definition) is 1. The minimum Gasteiger partial charge on any atom is -0.277 e. The van der Waals surface area contributed by atoms with E-state index in [0.29, 0.717) is 0 Å². The van der Waals surface area contributed by atoms with Gasteiger partial charge in [0.25, 0.3) is 10.0 Å².